The molecule has 3 aromatic heterocycles. The van der Waals surface area contributed by atoms with Crippen LogP contribution < -0.4 is 0 Å². The van der Waals surface area contributed by atoms with Crippen LogP contribution in [-0.2, 0) is 17.6 Å². The van der Waals surface area contributed by atoms with Gasteiger partial charge in [0.1, 0.15) is 0 Å². The minimum absolute atomic E-state index is 0.0253. The van der Waals surface area contributed by atoms with E-state index in [0.717, 1.165) is 76.0 Å². The fraction of sp³-hybridized carbons (Fsp3) is 0.438. The highest BCUT2D eigenvalue weighted by Crippen LogP contribution is 2.34. The summed E-state index contributed by atoms with van der Waals surface area (Å²) in [5, 5.41) is 0.941. The summed E-state index contributed by atoms with van der Waals surface area (Å²) in [5.74, 6) is 0.351. The van der Waals surface area contributed by atoms with Gasteiger partial charge in [-0.15, -0.1) is 0 Å². The van der Waals surface area contributed by atoms with Crippen LogP contribution in [0.25, 0.3) is 33.7 Å². The summed E-state index contributed by atoms with van der Waals surface area (Å²) >= 11 is 3.52. The Morgan fingerprint density at radius 3 is 2.45 bits per heavy atom. The fourth-order valence-electron chi connectivity index (χ4n) is 5.80. The second-order valence-electron chi connectivity index (χ2n) is 10.8. The van der Waals surface area contributed by atoms with Crippen molar-refractivity contribution in [3.8, 4) is 0 Å². The highest BCUT2D eigenvalue weighted by atomic mass is 79.9. The Balaban J connectivity index is 1.88. The molecule has 0 saturated heterocycles. The number of nitrogens with one attached hydrogen (secondary N) is 2. The highest BCUT2D eigenvalue weighted by Gasteiger charge is 2.21. The molecule has 2 atom stereocenters. The zero-order valence-corrected chi connectivity index (χ0v) is 25.3. The van der Waals surface area contributed by atoms with Crippen LogP contribution in [0.15, 0.2) is 18.2 Å². The lowest BCUT2D eigenvalue weighted by Gasteiger charge is -2.13. The number of rotatable bonds is 6. The van der Waals surface area contributed by atoms with E-state index < -0.39 is 0 Å². The molecule has 5 heterocycles. The molecule has 38 heavy (non-hydrogen) atoms. The van der Waals surface area contributed by atoms with Crippen molar-refractivity contribution in [1.82, 2.24) is 19.9 Å². The smallest absolute Gasteiger partial charge is 0.0820 e. The van der Waals surface area contributed by atoms with Gasteiger partial charge in [0.15, 0.2) is 0 Å². The monoisotopic (exact) mass is 574 g/mol. The summed E-state index contributed by atoms with van der Waals surface area (Å²) in [7, 11) is 0. The van der Waals surface area contributed by atoms with E-state index in [1.54, 1.807) is 0 Å². The van der Waals surface area contributed by atoms with Gasteiger partial charge in [-0.05, 0) is 106 Å². The Bertz CT molecular complexity index is 1580. The molecule has 0 saturated carbocycles. The number of hydrogen-bond acceptors (Lipinski definition) is 3. The van der Waals surface area contributed by atoms with Crippen molar-refractivity contribution in [2.45, 2.75) is 79.8 Å². The lowest BCUT2D eigenvalue weighted by Crippen LogP contribution is -2.03. The minimum Gasteiger partial charge on any atom is -0.374 e. The van der Waals surface area contributed by atoms with Crippen LogP contribution in [0.1, 0.15) is 96.7 Å². The molecule has 8 bridgehead atoms. The number of halogens is 1. The third-order valence-corrected chi connectivity index (χ3v) is 8.73. The molecular formula is C32H39BrN4O. The van der Waals surface area contributed by atoms with Crippen LogP contribution in [0.3, 0.4) is 0 Å². The third-order valence-electron chi connectivity index (χ3n) is 8.17. The van der Waals surface area contributed by atoms with Crippen LogP contribution >= 0.6 is 15.9 Å². The fourth-order valence-corrected chi connectivity index (χ4v) is 6.03. The molecule has 5 rings (SSSR count). The molecule has 0 amide bonds. The van der Waals surface area contributed by atoms with E-state index in [0.29, 0.717) is 5.92 Å². The molecule has 200 valence electrons. The van der Waals surface area contributed by atoms with Gasteiger partial charge in [-0.25, -0.2) is 4.98 Å². The molecule has 5 nitrogen and oxygen atoms in total. The summed E-state index contributed by atoms with van der Waals surface area (Å²) in [5.41, 5.74) is 16.1. The van der Waals surface area contributed by atoms with Crippen molar-refractivity contribution in [3.05, 3.63) is 68.8 Å². The molecule has 2 N–H and O–H groups in total. The summed E-state index contributed by atoms with van der Waals surface area (Å²) in [6.07, 6.45) is 5.04. The maximum atomic E-state index is 6.29. The maximum Gasteiger partial charge on any atom is 0.0820 e. The molecular weight excluding hydrogens is 536 g/mol. The first-order valence-corrected chi connectivity index (χ1v) is 14.9. The molecule has 2 aliphatic heterocycles. The van der Waals surface area contributed by atoms with Crippen molar-refractivity contribution in [2.75, 3.05) is 11.9 Å². The molecule has 2 unspecified atom stereocenters. The van der Waals surface area contributed by atoms with Crippen LogP contribution in [0.2, 0.25) is 0 Å². The Hall–Kier alpha value is -2.70. The van der Waals surface area contributed by atoms with E-state index in [4.69, 9.17) is 14.7 Å². The van der Waals surface area contributed by atoms with Crippen LogP contribution in [0.5, 0.6) is 0 Å². The normalized spacial score (nSPS) is 16.1. The lowest BCUT2D eigenvalue weighted by atomic mass is 10.0. The zero-order valence-electron chi connectivity index (χ0n) is 23.7. The standard InChI is InChI=1S/C32H39BrN4O/c1-8-23-19(4)28-16-31-32(22(7)38-11-9-10-33)21(6)29(37-31)14-24-17(2)12-26(34-24)20(5)27-13-18(3)25(35-27)15-30(23)36-28/h13-17,22,36-37H,8-12H2,1-7H3. The van der Waals surface area contributed by atoms with Crippen molar-refractivity contribution >= 4 is 49.6 Å². The Morgan fingerprint density at radius 2 is 1.71 bits per heavy atom. The molecule has 0 fully saturated rings. The van der Waals surface area contributed by atoms with E-state index in [1.807, 2.05) is 0 Å². The van der Waals surface area contributed by atoms with E-state index in [-0.39, 0.29) is 6.10 Å². The predicted octanol–water partition coefficient (Wildman–Crippen LogP) is 8.57. The number of H-pyrrole nitrogens is 2. The van der Waals surface area contributed by atoms with Crippen molar-refractivity contribution in [2.24, 2.45) is 0 Å². The maximum absolute atomic E-state index is 6.29. The Morgan fingerprint density at radius 1 is 0.974 bits per heavy atom. The molecule has 6 heteroatoms. The summed E-state index contributed by atoms with van der Waals surface area (Å²) in [6.45, 7) is 16.1. The number of aromatic nitrogens is 4. The van der Waals surface area contributed by atoms with Gasteiger partial charge in [0.2, 0.25) is 0 Å². The predicted molar refractivity (Wildman–Crippen MR) is 163 cm³/mol. The Kier molecular flexibility index (Phi) is 7.65. The number of aromatic amines is 2. The first kappa shape index (κ1) is 26.9. The topological polar surface area (TPSA) is 66.6 Å². The number of alkyl halides is 1. The van der Waals surface area contributed by atoms with Crippen LogP contribution in [-0.4, -0.2) is 31.9 Å². The number of aryl methyl sites for hydroxylation is 3. The third kappa shape index (κ3) is 4.89. The number of nitrogens with zero attached hydrogens (tertiary/aromatic N) is 2. The van der Waals surface area contributed by atoms with Crippen LogP contribution in [0.4, 0.5) is 0 Å². The SMILES string of the molecule is CCc1c(C)c2cc3[nH]c(cc4nc(c(C)c5nc(cc1[nH]2)C(C)=C5)CC4C)c(C)c3C(C)OCCCBr. The molecule has 2 aliphatic rings. The molecule has 0 spiro atoms. The van der Waals surface area contributed by atoms with Gasteiger partial charge < -0.3 is 14.7 Å². The largest absolute Gasteiger partial charge is 0.374 e. The van der Waals surface area contributed by atoms with Gasteiger partial charge in [-0.1, -0.05) is 29.8 Å². The number of allylic oxidation sites excluding steroid dienone is 1. The Labute approximate surface area is 234 Å². The van der Waals surface area contributed by atoms with E-state index in [2.05, 4.69) is 98.6 Å². The van der Waals surface area contributed by atoms with E-state index >= 15 is 0 Å². The van der Waals surface area contributed by atoms with Crippen LogP contribution in [0, 0.1) is 20.8 Å². The molecule has 0 aliphatic carbocycles. The average Bonchev–Trinajstić information content (AvgIpc) is 3.60. The van der Waals surface area contributed by atoms with Crippen molar-refractivity contribution < 1.29 is 4.74 Å². The van der Waals surface area contributed by atoms with Gasteiger partial charge in [0, 0.05) is 56.9 Å². The van der Waals surface area contributed by atoms with Crippen molar-refractivity contribution in [3.63, 3.8) is 0 Å². The quantitative estimate of drug-likeness (QED) is 0.229. The summed E-state index contributed by atoms with van der Waals surface area (Å²) in [4.78, 5) is 17.7. The van der Waals surface area contributed by atoms with E-state index in [9.17, 15) is 0 Å². The second-order valence-corrected chi connectivity index (χ2v) is 11.6. The first-order chi connectivity index (χ1) is 18.2. The number of fused-ring (bicyclic) bond motifs is 8. The van der Waals surface area contributed by atoms with Gasteiger partial charge in [0.25, 0.3) is 0 Å². The summed E-state index contributed by atoms with van der Waals surface area (Å²) < 4.78 is 6.29. The molecule has 3 aromatic rings. The van der Waals surface area contributed by atoms with E-state index in [1.165, 1.54) is 33.4 Å². The number of hydrogen-bond donors (Lipinski definition) is 2. The average molecular weight is 576 g/mol. The highest BCUT2D eigenvalue weighted by molar-refractivity contribution is 9.09. The number of ether oxygens (including phenoxy) is 1. The van der Waals surface area contributed by atoms with Gasteiger partial charge in [-0.3, -0.25) is 4.98 Å². The van der Waals surface area contributed by atoms with Gasteiger partial charge in [-0.2, -0.15) is 0 Å². The minimum atomic E-state index is -0.0253. The molecule has 0 aromatic carbocycles. The second kappa shape index (κ2) is 10.8. The first-order valence-electron chi connectivity index (χ1n) is 13.8. The van der Waals surface area contributed by atoms with Crippen molar-refractivity contribution in [1.29, 1.82) is 0 Å². The molecule has 0 radical (unpaired) electrons. The van der Waals surface area contributed by atoms with Gasteiger partial charge >= 0.3 is 0 Å². The van der Waals surface area contributed by atoms with Gasteiger partial charge in [0.05, 0.1) is 17.5 Å². The lowest BCUT2D eigenvalue weighted by molar-refractivity contribution is 0.0676. The summed E-state index contributed by atoms with van der Waals surface area (Å²) in [6, 6.07) is 6.71. The zero-order chi connectivity index (χ0) is 27.1.